The highest BCUT2D eigenvalue weighted by Crippen LogP contribution is 2.35. The number of rotatable bonds is 7. The molecule has 1 aliphatic heterocycles. The van der Waals surface area contributed by atoms with E-state index < -0.39 is 17.3 Å². The summed E-state index contributed by atoms with van der Waals surface area (Å²) in [6.45, 7) is 13.2. The zero-order chi connectivity index (χ0) is 23.8. The summed E-state index contributed by atoms with van der Waals surface area (Å²) in [6.07, 6.45) is 6.56. The quantitative estimate of drug-likeness (QED) is 0.266. The molecule has 166 valence electrons. The second kappa shape index (κ2) is 11.7. The first-order chi connectivity index (χ1) is 14.5. The van der Waals surface area contributed by atoms with E-state index in [2.05, 4.69) is 27.5 Å². The lowest BCUT2D eigenvalue weighted by molar-refractivity contribution is -0.0890. The van der Waals surface area contributed by atoms with Crippen LogP contribution in [0.5, 0.6) is 0 Å². The van der Waals surface area contributed by atoms with Gasteiger partial charge in [-0.3, -0.25) is 0 Å². The van der Waals surface area contributed by atoms with Crippen LogP contribution in [0.1, 0.15) is 47.5 Å². The zero-order valence-electron chi connectivity index (χ0n) is 18.4. The number of allylic oxidation sites excluding steroid dienone is 9. The molecule has 0 radical (unpaired) electrons. The standard InChI is InChI=1S/C24H27BrF3N3/c1-7-10-19(11-12-22(25)20(13-29)21(9-3)24(26,27)28)23(17(5)8-2)31-15-16(4)14-30-18(31)6/h9-12,14-15H,6-8H2,1-5H3/b12-11-,19-10+,21-9+,22-20+,23-17?. The van der Waals surface area contributed by atoms with E-state index in [1.165, 1.54) is 13.0 Å². The van der Waals surface area contributed by atoms with E-state index in [4.69, 9.17) is 0 Å². The van der Waals surface area contributed by atoms with Crippen LogP contribution in [0.2, 0.25) is 0 Å². The second-order valence-corrected chi connectivity index (χ2v) is 7.69. The van der Waals surface area contributed by atoms with Crippen molar-refractivity contribution in [1.29, 1.82) is 5.26 Å². The molecule has 1 aliphatic rings. The third kappa shape index (κ3) is 6.96. The van der Waals surface area contributed by atoms with Crippen molar-refractivity contribution in [3.05, 3.63) is 80.9 Å². The van der Waals surface area contributed by atoms with Gasteiger partial charge in [0.05, 0.1) is 16.8 Å². The van der Waals surface area contributed by atoms with Gasteiger partial charge in [0.15, 0.2) is 0 Å². The minimum atomic E-state index is -4.62. The molecule has 0 amide bonds. The molecule has 1 heterocycles. The van der Waals surface area contributed by atoms with Crippen molar-refractivity contribution in [2.24, 2.45) is 4.99 Å². The molecule has 0 N–H and O–H groups in total. The SMILES string of the molecule is C=C1N=CC(C)=CN1C(=C(C)CC)C(/C=C\C(Br)=C(C#N)/C(=C\C)C(F)(F)F)=C/CC. The van der Waals surface area contributed by atoms with Gasteiger partial charge < -0.3 is 4.90 Å². The van der Waals surface area contributed by atoms with E-state index in [0.29, 0.717) is 12.2 Å². The first-order valence-corrected chi connectivity index (χ1v) is 10.6. The summed E-state index contributed by atoms with van der Waals surface area (Å²) in [5, 5.41) is 9.35. The van der Waals surface area contributed by atoms with Crippen LogP contribution in [0.25, 0.3) is 0 Å². The Morgan fingerprint density at radius 3 is 2.45 bits per heavy atom. The van der Waals surface area contributed by atoms with E-state index in [9.17, 15) is 18.4 Å². The Kier molecular flexibility index (Phi) is 9.99. The Morgan fingerprint density at radius 2 is 1.97 bits per heavy atom. The molecule has 0 fully saturated rings. The molecule has 0 saturated carbocycles. The van der Waals surface area contributed by atoms with Crippen molar-refractivity contribution in [1.82, 2.24) is 4.90 Å². The molecule has 0 unspecified atom stereocenters. The second-order valence-electron chi connectivity index (χ2n) is 6.84. The molecule has 1 rings (SSSR count). The number of nitriles is 1. The average Bonchev–Trinajstić information content (AvgIpc) is 2.71. The molecule has 0 aliphatic carbocycles. The zero-order valence-corrected chi connectivity index (χ0v) is 20.0. The van der Waals surface area contributed by atoms with Crippen molar-refractivity contribution < 1.29 is 13.2 Å². The van der Waals surface area contributed by atoms with Crippen LogP contribution in [0.15, 0.2) is 85.9 Å². The third-order valence-corrected chi connectivity index (χ3v) is 5.19. The Morgan fingerprint density at radius 1 is 1.32 bits per heavy atom. The minimum Gasteiger partial charge on any atom is -0.301 e. The fourth-order valence-electron chi connectivity index (χ4n) is 2.90. The van der Waals surface area contributed by atoms with Gasteiger partial charge in [-0.25, -0.2) is 4.99 Å². The number of hydrogen-bond acceptors (Lipinski definition) is 3. The number of aliphatic imine (C=N–C) groups is 1. The van der Waals surface area contributed by atoms with Gasteiger partial charge in [0.1, 0.15) is 11.9 Å². The van der Waals surface area contributed by atoms with Gasteiger partial charge in [0.25, 0.3) is 0 Å². The Balaban J connectivity index is 3.58. The van der Waals surface area contributed by atoms with Crippen molar-refractivity contribution in [3.8, 4) is 6.07 Å². The third-order valence-electron chi connectivity index (χ3n) is 4.52. The Bertz CT molecular complexity index is 965. The van der Waals surface area contributed by atoms with Gasteiger partial charge >= 0.3 is 6.18 Å². The van der Waals surface area contributed by atoms with Crippen molar-refractivity contribution in [2.75, 3.05) is 0 Å². The van der Waals surface area contributed by atoms with E-state index >= 15 is 0 Å². The molecule has 3 nitrogen and oxygen atoms in total. The molecule has 7 heteroatoms. The predicted molar refractivity (Wildman–Crippen MR) is 125 cm³/mol. The number of hydrogen-bond donors (Lipinski definition) is 0. The smallest absolute Gasteiger partial charge is 0.301 e. The van der Waals surface area contributed by atoms with E-state index in [1.54, 1.807) is 18.4 Å². The molecule has 0 bridgehead atoms. The fourth-order valence-corrected chi connectivity index (χ4v) is 3.34. The van der Waals surface area contributed by atoms with Gasteiger partial charge in [-0.1, -0.05) is 38.7 Å². The number of halogens is 4. The summed E-state index contributed by atoms with van der Waals surface area (Å²) < 4.78 is 39.9. The maximum absolute atomic E-state index is 13.3. The van der Waals surface area contributed by atoms with Gasteiger partial charge in [-0.2, -0.15) is 18.4 Å². The topological polar surface area (TPSA) is 39.4 Å². The van der Waals surface area contributed by atoms with E-state index in [-0.39, 0.29) is 4.48 Å². The summed E-state index contributed by atoms with van der Waals surface area (Å²) in [4.78, 5) is 6.21. The van der Waals surface area contributed by atoms with Gasteiger partial charge in [-0.05, 0) is 72.3 Å². The normalized spacial score (nSPS) is 17.5. The molecular weight excluding hydrogens is 467 g/mol. The maximum atomic E-state index is 13.3. The average molecular weight is 494 g/mol. The highest BCUT2D eigenvalue weighted by Gasteiger charge is 2.36. The van der Waals surface area contributed by atoms with Crippen molar-refractivity contribution >= 4 is 22.1 Å². The molecule has 0 spiro atoms. The van der Waals surface area contributed by atoms with Gasteiger partial charge in [-0.15, -0.1) is 0 Å². The highest BCUT2D eigenvalue weighted by atomic mass is 79.9. The molecule has 0 atom stereocenters. The lowest BCUT2D eigenvalue weighted by atomic mass is 10.0. The van der Waals surface area contributed by atoms with E-state index in [1.807, 2.05) is 44.9 Å². The first kappa shape index (κ1) is 26.4. The summed E-state index contributed by atoms with van der Waals surface area (Å²) in [6, 6.07) is 1.66. The molecule has 0 aromatic carbocycles. The molecule has 31 heavy (non-hydrogen) atoms. The summed E-state index contributed by atoms with van der Waals surface area (Å²) in [5.74, 6) is 0.546. The van der Waals surface area contributed by atoms with Crippen LogP contribution < -0.4 is 0 Å². The number of alkyl halides is 3. The van der Waals surface area contributed by atoms with Crippen LogP contribution >= 0.6 is 15.9 Å². The summed E-state index contributed by atoms with van der Waals surface area (Å²) >= 11 is 3.16. The fraction of sp³-hybridized carbons (Fsp3) is 0.333. The summed E-state index contributed by atoms with van der Waals surface area (Å²) in [5.41, 5.74) is 2.23. The van der Waals surface area contributed by atoms with Crippen molar-refractivity contribution in [2.45, 2.75) is 53.6 Å². The van der Waals surface area contributed by atoms with Gasteiger partial charge in [0, 0.05) is 16.9 Å². The van der Waals surface area contributed by atoms with Crippen LogP contribution in [-0.4, -0.2) is 17.3 Å². The van der Waals surface area contributed by atoms with Crippen molar-refractivity contribution in [3.63, 3.8) is 0 Å². The molecule has 0 saturated heterocycles. The Labute approximate surface area is 191 Å². The van der Waals surface area contributed by atoms with Crippen LogP contribution in [-0.2, 0) is 0 Å². The highest BCUT2D eigenvalue weighted by molar-refractivity contribution is 9.11. The molecule has 0 aromatic rings. The monoisotopic (exact) mass is 493 g/mol. The lowest BCUT2D eigenvalue weighted by Gasteiger charge is -2.29. The number of nitrogens with zero attached hydrogens (tertiary/aromatic N) is 3. The van der Waals surface area contributed by atoms with Crippen LogP contribution in [0.3, 0.4) is 0 Å². The molecular formula is C24H27BrF3N3. The Hall–Kier alpha value is -2.59. The van der Waals surface area contributed by atoms with Crippen LogP contribution in [0.4, 0.5) is 13.2 Å². The maximum Gasteiger partial charge on any atom is 0.417 e. The summed E-state index contributed by atoms with van der Waals surface area (Å²) in [7, 11) is 0. The molecule has 0 aromatic heterocycles. The predicted octanol–water partition coefficient (Wildman–Crippen LogP) is 8.01. The van der Waals surface area contributed by atoms with Gasteiger partial charge in [0.2, 0.25) is 0 Å². The van der Waals surface area contributed by atoms with E-state index in [0.717, 1.165) is 34.9 Å². The largest absolute Gasteiger partial charge is 0.417 e. The minimum absolute atomic E-state index is 0.0538. The lowest BCUT2D eigenvalue weighted by Crippen LogP contribution is -2.20. The first-order valence-electron chi connectivity index (χ1n) is 9.84. The van der Waals surface area contributed by atoms with Crippen LogP contribution in [0, 0.1) is 11.3 Å².